The number of hydrogen-bond donors (Lipinski definition) is 0. The Labute approximate surface area is 121 Å². The molecule has 5 nitrogen and oxygen atoms in total. The Morgan fingerprint density at radius 1 is 1.38 bits per heavy atom. The molecule has 0 radical (unpaired) electrons. The highest BCUT2D eigenvalue weighted by Crippen LogP contribution is 2.21. The summed E-state index contributed by atoms with van der Waals surface area (Å²) in [5.41, 5.74) is 0.671. The van der Waals surface area contributed by atoms with E-state index in [1.807, 2.05) is 0 Å². The van der Waals surface area contributed by atoms with Crippen LogP contribution in [0.25, 0.3) is 0 Å². The first-order chi connectivity index (χ1) is 9.88. The lowest BCUT2D eigenvalue weighted by Crippen LogP contribution is -2.06. The zero-order chi connectivity index (χ0) is 15.6. The van der Waals surface area contributed by atoms with Crippen molar-refractivity contribution in [3.63, 3.8) is 0 Å². The fourth-order valence-electron chi connectivity index (χ4n) is 2.07. The van der Waals surface area contributed by atoms with Gasteiger partial charge in [0, 0.05) is 29.9 Å². The number of nitro benzene ring substituents is 1. The second kappa shape index (κ2) is 5.87. The molecule has 0 saturated heterocycles. The minimum Gasteiger partial charge on any atom is -0.349 e. The van der Waals surface area contributed by atoms with E-state index in [2.05, 4.69) is 0 Å². The maximum Gasteiger partial charge on any atom is 0.274 e. The van der Waals surface area contributed by atoms with Gasteiger partial charge in [0.1, 0.15) is 5.82 Å². The molecule has 1 aromatic carbocycles. The largest absolute Gasteiger partial charge is 0.349 e. The number of carbonyl (C=O) groups is 1. The molecule has 0 bridgehead atoms. The average molecular weight is 290 g/mol. The van der Waals surface area contributed by atoms with E-state index in [4.69, 9.17) is 0 Å². The molecule has 0 spiro atoms. The molecule has 1 heterocycles. The van der Waals surface area contributed by atoms with E-state index in [0.717, 1.165) is 18.2 Å². The lowest BCUT2D eigenvalue weighted by molar-refractivity contribution is -0.385. The molecule has 6 heteroatoms. The Morgan fingerprint density at radius 2 is 2.10 bits per heavy atom. The summed E-state index contributed by atoms with van der Waals surface area (Å²) in [7, 11) is 0. The second-order valence-corrected chi connectivity index (χ2v) is 5.12. The summed E-state index contributed by atoms with van der Waals surface area (Å²) < 4.78 is 14.9. The predicted octanol–water partition coefficient (Wildman–Crippen LogP) is 3.42. The molecule has 110 valence electrons. The van der Waals surface area contributed by atoms with Gasteiger partial charge in [0.05, 0.1) is 17.0 Å². The molecule has 0 N–H and O–H groups in total. The summed E-state index contributed by atoms with van der Waals surface area (Å²) in [6.45, 7) is 3.74. The molecule has 1 aromatic heterocycles. The van der Waals surface area contributed by atoms with Crippen LogP contribution in [0, 0.1) is 21.8 Å². The number of benzene rings is 1. The highest BCUT2D eigenvalue weighted by molar-refractivity contribution is 5.97. The van der Waals surface area contributed by atoms with E-state index in [-0.39, 0.29) is 29.5 Å². The van der Waals surface area contributed by atoms with Crippen LogP contribution >= 0.6 is 0 Å². The number of carbonyl (C=O) groups excluding carboxylic acids is 1. The third kappa shape index (κ3) is 3.34. The normalized spacial score (nSPS) is 10.9. The third-order valence-corrected chi connectivity index (χ3v) is 3.15. The number of halogens is 1. The van der Waals surface area contributed by atoms with Crippen molar-refractivity contribution >= 4 is 11.5 Å². The molecule has 0 aliphatic heterocycles. The molecule has 21 heavy (non-hydrogen) atoms. The minimum atomic E-state index is -0.543. The molecule has 2 aromatic rings. The molecule has 0 aliphatic carbocycles. The molecule has 0 aliphatic rings. The summed E-state index contributed by atoms with van der Waals surface area (Å²) in [6.07, 6.45) is 3.28. The molecule has 0 fully saturated rings. The highest BCUT2D eigenvalue weighted by Gasteiger charge is 2.16. The van der Waals surface area contributed by atoms with Crippen LogP contribution in [-0.2, 0) is 6.54 Å². The predicted molar refractivity (Wildman–Crippen MR) is 75.8 cm³/mol. The van der Waals surface area contributed by atoms with Crippen molar-refractivity contribution in [3.8, 4) is 0 Å². The van der Waals surface area contributed by atoms with E-state index < -0.39 is 10.7 Å². The Balaban J connectivity index is 2.29. The highest BCUT2D eigenvalue weighted by atomic mass is 19.1. The van der Waals surface area contributed by atoms with Crippen molar-refractivity contribution < 1.29 is 14.1 Å². The van der Waals surface area contributed by atoms with Crippen molar-refractivity contribution in [2.45, 2.75) is 20.4 Å². The van der Waals surface area contributed by atoms with Gasteiger partial charge in [0.25, 0.3) is 5.69 Å². The summed E-state index contributed by atoms with van der Waals surface area (Å²) in [6, 6.07) is 5.01. The van der Waals surface area contributed by atoms with Gasteiger partial charge in [-0.1, -0.05) is 13.8 Å². The Bertz CT molecular complexity index is 692. The standard InChI is InChI=1S/C15H15FN2O3/c1-10(2)15(19)11-5-6-17(8-11)9-12-7-13(16)3-4-14(12)18(20)21/h3-8,10H,9H2,1-2H3. The lowest BCUT2D eigenvalue weighted by atomic mass is 10.0. The monoisotopic (exact) mass is 290 g/mol. The van der Waals surface area contributed by atoms with Crippen molar-refractivity contribution in [2.24, 2.45) is 5.92 Å². The molecule has 0 atom stereocenters. The van der Waals surface area contributed by atoms with E-state index in [0.29, 0.717) is 5.56 Å². The number of rotatable bonds is 5. The van der Waals surface area contributed by atoms with Gasteiger partial charge in [-0.15, -0.1) is 0 Å². The lowest BCUT2D eigenvalue weighted by Gasteiger charge is -2.05. The van der Waals surface area contributed by atoms with Crippen molar-refractivity contribution in [1.82, 2.24) is 4.57 Å². The zero-order valence-corrected chi connectivity index (χ0v) is 11.7. The topological polar surface area (TPSA) is 65.1 Å². The molecule has 0 unspecified atom stereocenters. The van der Waals surface area contributed by atoms with Gasteiger partial charge in [-0.3, -0.25) is 14.9 Å². The van der Waals surface area contributed by atoms with Crippen LogP contribution in [0.3, 0.4) is 0 Å². The molecular formula is C15H15FN2O3. The average Bonchev–Trinajstić information content (AvgIpc) is 2.85. The van der Waals surface area contributed by atoms with E-state index in [1.54, 1.807) is 36.9 Å². The van der Waals surface area contributed by atoms with Crippen molar-refractivity contribution in [1.29, 1.82) is 0 Å². The van der Waals surface area contributed by atoms with Gasteiger partial charge in [0.15, 0.2) is 5.78 Å². The van der Waals surface area contributed by atoms with Crippen molar-refractivity contribution in [3.05, 3.63) is 63.7 Å². The van der Waals surface area contributed by atoms with Crippen molar-refractivity contribution in [2.75, 3.05) is 0 Å². The summed E-state index contributed by atoms with van der Waals surface area (Å²) in [4.78, 5) is 22.3. The van der Waals surface area contributed by atoms with E-state index >= 15 is 0 Å². The maximum atomic E-state index is 13.3. The molecule has 0 amide bonds. The maximum absolute atomic E-state index is 13.3. The Hall–Kier alpha value is -2.50. The fraction of sp³-hybridized carbons (Fsp3) is 0.267. The SMILES string of the molecule is CC(C)C(=O)c1ccn(Cc2cc(F)ccc2[N+](=O)[O-])c1. The van der Waals surface area contributed by atoms with Crippen LogP contribution in [0.2, 0.25) is 0 Å². The number of nitro groups is 1. The fourth-order valence-corrected chi connectivity index (χ4v) is 2.07. The van der Waals surface area contributed by atoms with Crippen LogP contribution in [0.4, 0.5) is 10.1 Å². The van der Waals surface area contributed by atoms with Gasteiger partial charge in [-0.2, -0.15) is 0 Å². The van der Waals surface area contributed by atoms with Gasteiger partial charge >= 0.3 is 0 Å². The van der Waals surface area contributed by atoms with Crippen LogP contribution in [0.5, 0.6) is 0 Å². The van der Waals surface area contributed by atoms with Crippen LogP contribution in [-0.4, -0.2) is 15.3 Å². The first-order valence-electron chi connectivity index (χ1n) is 6.51. The van der Waals surface area contributed by atoms with Crippen LogP contribution in [0.15, 0.2) is 36.7 Å². The molecular weight excluding hydrogens is 275 g/mol. The zero-order valence-electron chi connectivity index (χ0n) is 11.7. The molecule has 0 saturated carbocycles. The number of Topliss-reactive ketones (excluding diaryl/α,β-unsaturated/α-hetero) is 1. The van der Waals surface area contributed by atoms with Crippen LogP contribution in [0.1, 0.15) is 29.8 Å². The van der Waals surface area contributed by atoms with Gasteiger partial charge in [0.2, 0.25) is 0 Å². The summed E-state index contributed by atoms with van der Waals surface area (Å²) in [5, 5.41) is 10.9. The Morgan fingerprint density at radius 3 is 2.71 bits per heavy atom. The molecule has 2 rings (SSSR count). The van der Waals surface area contributed by atoms with E-state index in [1.165, 1.54) is 0 Å². The first-order valence-corrected chi connectivity index (χ1v) is 6.51. The summed E-state index contributed by atoms with van der Waals surface area (Å²) in [5.74, 6) is -0.645. The minimum absolute atomic E-state index is 0.00231. The number of aromatic nitrogens is 1. The number of nitrogens with zero attached hydrogens (tertiary/aromatic N) is 2. The number of ketones is 1. The summed E-state index contributed by atoms with van der Waals surface area (Å²) >= 11 is 0. The van der Waals surface area contributed by atoms with Gasteiger partial charge < -0.3 is 4.57 Å². The second-order valence-electron chi connectivity index (χ2n) is 5.12. The third-order valence-electron chi connectivity index (χ3n) is 3.15. The van der Waals surface area contributed by atoms with Gasteiger partial charge in [-0.25, -0.2) is 4.39 Å². The first kappa shape index (κ1) is 14.9. The van der Waals surface area contributed by atoms with E-state index in [9.17, 15) is 19.3 Å². The van der Waals surface area contributed by atoms with Crippen LogP contribution < -0.4 is 0 Å². The van der Waals surface area contributed by atoms with Gasteiger partial charge in [-0.05, 0) is 18.2 Å². The quantitative estimate of drug-likeness (QED) is 0.481. The number of hydrogen-bond acceptors (Lipinski definition) is 3. The smallest absolute Gasteiger partial charge is 0.274 e. The Kier molecular flexibility index (Phi) is 4.16.